The summed E-state index contributed by atoms with van der Waals surface area (Å²) >= 11 is 7.93. The van der Waals surface area contributed by atoms with Crippen molar-refractivity contribution < 1.29 is 9.47 Å². The van der Waals surface area contributed by atoms with Crippen LogP contribution in [0.3, 0.4) is 0 Å². The highest BCUT2D eigenvalue weighted by Gasteiger charge is 2.27. The van der Waals surface area contributed by atoms with Crippen LogP contribution in [0.25, 0.3) is 0 Å². The molecule has 0 fully saturated rings. The van der Waals surface area contributed by atoms with Crippen LogP contribution in [0.4, 0.5) is 0 Å². The van der Waals surface area contributed by atoms with Gasteiger partial charge in [-0.05, 0) is 48.2 Å². The fraction of sp³-hybridized carbons (Fsp3) is 0.294. The number of benzene rings is 1. The van der Waals surface area contributed by atoms with Gasteiger partial charge in [0.15, 0.2) is 0 Å². The highest BCUT2D eigenvalue weighted by atomic mass is 35.5. The van der Waals surface area contributed by atoms with E-state index in [2.05, 4.69) is 30.4 Å². The molecule has 1 N–H and O–H groups in total. The van der Waals surface area contributed by atoms with Gasteiger partial charge in [-0.2, -0.15) is 0 Å². The lowest BCUT2D eigenvalue weighted by Crippen LogP contribution is -2.30. The van der Waals surface area contributed by atoms with Crippen molar-refractivity contribution in [2.24, 2.45) is 0 Å². The normalized spacial score (nSPS) is 20.5. The molecule has 1 aromatic carbocycles. The molecule has 0 amide bonds. The minimum absolute atomic E-state index is 0.182. The molecular formula is C17H16ClNO2S. The fourth-order valence-electron chi connectivity index (χ4n) is 3.10. The van der Waals surface area contributed by atoms with E-state index >= 15 is 0 Å². The molecule has 1 aromatic heterocycles. The first kappa shape index (κ1) is 14.1. The van der Waals surface area contributed by atoms with Crippen LogP contribution in [-0.4, -0.2) is 6.54 Å². The van der Waals surface area contributed by atoms with E-state index in [1.54, 1.807) is 23.9 Å². The summed E-state index contributed by atoms with van der Waals surface area (Å²) in [6.07, 6.45) is 3.92. The average molecular weight is 334 g/mol. The average Bonchev–Trinajstić information content (AvgIpc) is 3.16. The number of aryl methyl sites for hydroxylation is 1. The summed E-state index contributed by atoms with van der Waals surface area (Å²) in [4.78, 5) is 2.37. The van der Waals surface area contributed by atoms with Crippen LogP contribution in [0, 0.1) is 6.92 Å². The Bertz CT molecular complexity index is 732. The Balaban J connectivity index is 1.72. The van der Waals surface area contributed by atoms with Crippen molar-refractivity contribution in [1.82, 2.24) is 5.32 Å². The molecule has 0 saturated carbocycles. The summed E-state index contributed by atoms with van der Waals surface area (Å²) in [5.74, 6) is 0. The van der Waals surface area contributed by atoms with E-state index in [4.69, 9.17) is 21.1 Å². The molecule has 0 radical (unpaired) electrons. The Labute approximate surface area is 138 Å². The zero-order chi connectivity index (χ0) is 15.1. The zero-order valence-corrected chi connectivity index (χ0v) is 13.7. The van der Waals surface area contributed by atoms with Crippen molar-refractivity contribution in [2.75, 3.05) is 6.54 Å². The molecule has 0 bridgehead atoms. The van der Waals surface area contributed by atoms with Crippen LogP contribution in [0.1, 0.15) is 38.8 Å². The number of thiophene rings is 1. The van der Waals surface area contributed by atoms with Gasteiger partial charge in [0.05, 0.1) is 10.9 Å². The molecule has 1 atom stereocenters. The third kappa shape index (κ3) is 2.41. The summed E-state index contributed by atoms with van der Waals surface area (Å²) in [7, 11) is 0. The van der Waals surface area contributed by atoms with Gasteiger partial charge in [-0.15, -0.1) is 11.3 Å². The van der Waals surface area contributed by atoms with E-state index in [0.717, 1.165) is 22.9 Å². The standard InChI is InChI=1S/C17H16ClNO2S/c1-10-13(9-15(22-10)17-20-6-7-21-17)16-14-8-12(18)3-2-11(14)4-5-19-16/h2-3,6-9,16-17,19H,4-5H2,1H3/t16-/m0/s1. The summed E-state index contributed by atoms with van der Waals surface area (Å²) < 4.78 is 10.9. The smallest absolute Gasteiger partial charge is 0.275 e. The van der Waals surface area contributed by atoms with Crippen LogP contribution in [-0.2, 0) is 15.9 Å². The Morgan fingerprint density at radius 3 is 2.82 bits per heavy atom. The van der Waals surface area contributed by atoms with E-state index in [9.17, 15) is 0 Å². The first-order valence-electron chi connectivity index (χ1n) is 7.30. The van der Waals surface area contributed by atoms with Gasteiger partial charge in [0.1, 0.15) is 12.5 Å². The van der Waals surface area contributed by atoms with Gasteiger partial charge in [0.2, 0.25) is 0 Å². The van der Waals surface area contributed by atoms with Crippen LogP contribution < -0.4 is 5.32 Å². The second-order valence-corrected chi connectivity index (χ2v) is 7.24. The van der Waals surface area contributed by atoms with Gasteiger partial charge in [-0.25, -0.2) is 0 Å². The first-order chi connectivity index (χ1) is 10.7. The SMILES string of the molecule is Cc1sc(C2OC=CO2)cc1[C@@H]1NCCc2ccc(Cl)cc21. The van der Waals surface area contributed by atoms with Crippen LogP contribution >= 0.6 is 22.9 Å². The molecule has 0 spiro atoms. The van der Waals surface area contributed by atoms with Crippen LogP contribution in [0.15, 0.2) is 36.8 Å². The molecule has 114 valence electrons. The Morgan fingerprint density at radius 1 is 1.18 bits per heavy atom. The number of rotatable bonds is 2. The number of hydrogen-bond acceptors (Lipinski definition) is 4. The topological polar surface area (TPSA) is 30.5 Å². The fourth-order valence-corrected chi connectivity index (χ4v) is 4.32. The van der Waals surface area contributed by atoms with Crippen LogP contribution in [0.5, 0.6) is 0 Å². The van der Waals surface area contributed by atoms with Gasteiger partial charge < -0.3 is 14.8 Å². The molecule has 4 rings (SSSR count). The highest BCUT2D eigenvalue weighted by molar-refractivity contribution is 7.12. The predicted molar refractivity (Wildman–Crippen MR) is 88.1 cm³/mol. The van der Waals surface area contributed by atoms with E-state index in [0.29, 0.717) is 0 Å². The first-order valence-corrected chi connectivity index (χ1v) is 8.50. The molecule has 2 aliphatic rings. The number of hydrogen-bond donors (Lipinski definition) is 1. The van der Waals surface area contributed by atoms with E-state index in [1.807, 2.05) is 6.07 Å². The van der Waals surface area contributed by atoms with Gasteiger partial charge >= 0.3 is 0 Å². The summed E-state index contributed by atoms with van der Waals surface area (Å²) in [5.41, 5.74) is 3.93. The molecule has 0 saturated heterocycles. The maximum atomic E-state index is 6.20. The lowest BCUT2D eigenvalue weighted by Gasteiger charge is -2.27. The van der Waals surface area contributed by atoms with Gasteiger partial charge in [0, 0.05) is 16.4 Å². The minimum atomic E-state index is -0.306. The molecule has 0 aliphatic carbocycles. The monoisotopic (exact) mass is 333 g/mol. The second-order valence-electron chi connectivity index (χ2n) is 5.52. The molecule has 2 aromatic rings. The maximum Gasteiger partial charge on any atom is 0.275 e. The van der Waals surface area contributed by atoms with E-state index < -0.39 is 0 Å². The molecule has 3 heterocycles. The number of fused-ring (bicyclic) bond motifs is 1. The second kappa shape index (κ2) is 5.61. The van der Waals surface area contributed by atoms with Crippen molar-refractivity contribution in [2.45, 2.75) is 25.7 Å². The van der Waals surface area contributed by atoms with Crippen molar-refractivity contribution in [3.63, 3.8) is 0 Å². The molecule has 22 heavy (non-hydrogen) atoms. The molecule has 2 aliphatic heterocycles. The van der Waals surface area contributed by atoms with Gasteiger partial charge in [-0.3, -0.25) is 0 Å². The van der Waals surface area contributed by atoms with Crippen molar-refractivity contribution in [1.29, 1.82) is 0 Å². The summed E-state index contributed by atoms with van der Waals surface area (Å²) in [5, 5.41) is 4.40. The van der Waals surface area contributed by atoms with Crippen molar-refractivity contribution >= 4 is 22.9 Å². The lowest BCUT2D eigenvalue weighted by molar-refractivity contribution is -0.0217. The third-order valence-electron chi connectivity index (χ3n) is 4.14. The Kier molecular flexibility index (Phi) is 3.60. The van der Waals surface area contributed by atoms with Crippen molar-refractivity contribution in [3.05, 3.63) is 68.3 Å². The maximum absolute atomic E-state index is 6.20. The number of halogens is 1. The zero-order valence-electron chi connectivity index (χ0n) is 12.1. The summed E-state index contributed by atoms with van der Waals surface area (Å²) in [6.45, 7) is 3.12. The highest BCUT2D eigenvalue weighted by Crippen LogP contribution is 2.39. The number of ether oxygens (including phenoxy) is 2. The minimum Gasteiger partial charge on any atom is -0.454 e. The largest absolute Gasteiger partial charge is 0.454 e. The van der Waals surface area contributed by atoms with E-state index in [1.165, 1.54) is 21.6 Å². The van der Waals surface area contributed by atoms with Gasteiger partial charge in [-0.1, -0.05) is 17.7 Å². The molecular weight excluding hydrogens is 318 g/mol. The summed E-state index contributed by atoms with van der Waals surface area (Å²) in [6, 6.07) is 8.56. The molecule has 3 nitrogen and oxygen atoms in total. The Morgan fingerprint density at radius 2 is 2.00 bits per heavy atom. The van der Waals surface area contributed by atoms with E-state index in [-0.39, 0.29) is 12.3 Å². The van der Waals surface area contributed by atoms with Crippen molar-refractivity contribution in [3.8, 4) is 0 Å². The van der Waals surface area contributed by atoms with Crippen LogP contribution in [0.2, 0.25) is 5.02 Å². The van der Waals surface area contributed by atoms with Gasteiger partial charge in [0.25, 0.3) is 6.29 Å². The third-order valence-corrected chi connectivity index (χ3v) is 5.46. The lowest BCUT2D eigenvalue weighted by atomic mass is 9.90. The molecule has 5 heteroatoms. The predicted octanol–water partition coefficient (Wildman–Crippen LogP) is 4.46. The Hall–Kier alpha value is -1.49. The quantitative estimate of drug-likeness (QED) is 0.880. The molecule has 0 unspecified atom stereocenters. The number of nitrogens with one attached hydrogen (secondary N) is 1.